The minimum Gasteiger partial charge on any atom is -0.340 e. The molecule has 0 saturated heterocycles. The van der Waals surface area contributed by atoms with Crippen molar-refractivity contribution in [2.24, 2.45) is 0 Å². The molecule has 0 aliphatic heterocycles. The van der Waals surface area contributed by atoms with E-state index in [-0.39, 0.29) is 0 Å². The maximum absolute atomic E-state index is 8.13. The Morgan fingerprint density at radius 3 is 2.40 bits per heavy atom. The van der Waals surface area contributed by atoms with Crippen LogP contribution in [-0.2, 0) is 4.89 Å². The minimum absolute atomic E-state index is 0.304. The van der Waals surface area contributed by atoms with Gasteiger partial charge in [0.15, 0.2) is 5.76 Å². The predicted molar refractivity (Wildman–Crippen MR) is 41.3 cm³/mol. The van der Waals surface area contributed by atoms with E-state index in [2.05, 4.69) is 18.0 Å². The van der Waals surface area contributed by atoms with Crippen LogP contribution < -0.4 is 0 Å². The molecule has 10 heavy (non-hydrogen) atoms. The molecule has 0 rings (SSSR count). The molecule has 54 valence electrons. The van der Waals surface area contributed by atoms with E-state index in [9.17, 15) is 0 Å². The highest BCUT2D eigenvalue weighted by molar-refractivity contribution is 5.17. The highest BCUT2D eigenvalue weighted by atomic mass is 17.1. The lowest BCUT2D eigenvalue weighted by atomic mass is 10.4. The van der Waals surface area contributed by atoms with Gasteiger partial charge in [0.1, 0.15) is 0 Å². The van der Waals surface area contributed by atoms with Crippen LogP contribution in [0.1, 0.15) is 0 Å². The van der Waals surface area contributed by atoms with Gasteiger partial charge in [0, 0.05) is 0 Å². The van der Waals surface area contributed by atoms with Crippen LogP contribution in [0.25, 0.3) is 0 Å². The van der Waals surface area contributed by atoms with Crippen molar-refractivity contribution in [1.29, 1.82) is 0 Å². The molecule has 0 atom stereocenters. The van der Waals surface area contributed by atoms with Crippen LogP contribution in [-0.4, -0.2) is 5.26 Å². The van der Waals surface area contributed by atoms with E-state index >= 15 is 0 Å². The Bertz CT molecular complexity index is 166. The SMILES string of the molecule is C=C/C=C\C=C(/C=C)OO. The van der Waals surface area contributed by atoms with Crippen LogP contribution in [0.4, 0.5) is 0 Å². The van der Waals surface area contributed by atoms with E-state index < -0.39 is 0 Å². The van der Waals surface area contributed by atoms with Gasteiger partial charge in [0.25, 0.3) is 0 Å². The van der Waals surface area contributed by atoms with Crippen molar-refractivity contribution >= 4 is 0 Å². The molecule has 0 bridgehead atoms. The topological polar surface area (TPSA) is 29.5 Å². The second kappa shape index (κ2) is 5.85. The van der Waals surface area contributed by atoms with Crippen molar-refractivity contribution in [2.75, 3.05) is 0 Å². The zero-order valence-electron chi connectivity index (χ0n) is 5.66. The first-order valence-corrected chi connectivity index (χ1v) is 2.78. The van der Waals surface area contributed by atoms with Gasteiger partial charge >= 0.3 is 0 Å². The molecule has 0 aliphatic carbocycles. The molecule has 0 unspecified atom stereocenters. The zero-order chi connectivity index (χ0) is 7.82. The number of allylic oxidation sites excluding steroid dienone is 5. The molecule has 0 fully saturated rings. The summed E-state index contributed by atoms with van der Waals surface area (Å²) in [5, 5.41) is 8.13. The van der Waals surface area contributed by atoms with E-state index in [1.807, 2.05) is 0 Å². The minimum atomic E-state index is 0.304. The first kappa shape index (κ1) is 8.72. The van der Waals surface area contributed by atoms with E-state index in [4.69, 9.17) is 5.26 Å². The maximum Gasteiger partial charge on any atom is 0.164 e. The van der Waals surface area contributed by atoms with Gasteiger partial charge in [-0.05, 0) is 12.2 Å². The molecule has 2 heteroatoms. The number of rotatable bonds is 4. The quantitative estimate of drug-likeness (QED) is 0.279. The van der Waals surface area contributed by atoms with Gasteiger partial charge in [-0.1, -0.05) is 31.4 Å². The standard InChI is InChI=1S/C8H10O2/c1-3-5-6-7-8(4-2)10-9/h3-7,9H,1-2H2/b6-5-,8-7+. The average molecular weight is 138 g/mol. The molecule has 0 aromatic carbocycles. The summed E-state index contributed by atoms with van der Waals surface area (Å²) in [6.45, 7) is 6.86. The summed E-state index contributed by atoms with van der Waals surface area (Å²) >= 11 is 0. The third-order valence-electron chi connectivity index (χ3n) is 0.814. The molecule has 0 aromatic heterocycles. The van der Waals surface area contributed by atoms with Crippen LogP contribution in [0.2, 0.25) is 0 Å². The maximum atomic E-state index is 8.13. The molecule has 0 radical (unpaired) electrons. The van der Waals surface area contributed by atoms with Crippen LogP contribution in [0.5, 0.6) is 0 Å². The van der Waals surface area contributed by atoms with Crippen molar-refractivity contribution < 1.29 is 10.1 Å². The Hall–Kier alpha value is -1.28. The van der Waals surface area contributed by atoms with E-state index in [1.165, 1.54) is 6.08 Å². The molecular formula is C8H10O2. The van der Waals surface area contributed by atoms with E-state index in [0.717, 1.165) is 0 Å². The van der Waals surface area contributed by atoms with E-state index in [1.54, 1.807) is 24.3 Å². The van der Waals surface area contributed by atoms with Crippen molar-refractivity contribution in [3.8, 4) is 0 Å². The molecule has 0 heterocycles. The highest BCUT2D eigenvalue weighted by Gasteiger charge is 1.83. The fraction of sp³-hybridized carbons (Fsp3) is 0. The average Bonchev–Trinajstić information content (AvgIpc) is 1.99. The highest BCUT2D eigenvalue weighted by Crippen LogP contribution is 1.95. The van der Waals surface area contributed by atoms with Gasteiger partial charge in [0.2, 0.25) is 0 Å². The lowest BCUT2D eigenvalue weighted by Crippen LogP contribution is -1.78. The molecule has 2 nitrogen and oxygen atoms in total. The molecule has 0 spiro atoms. The van der Waals surface area contributed by atoms with Crippen molar-refractivity contribution in [1.82, 2.24) is 0 Å². The van der Waals surface area contributed by atoms with Gasteiger partial charge in [-0.25, -0.2) is 5.26 Å². The molecule has 0 aromatic rings. The Balaban J connectivity index is 3.97. The lowest BCUT2D eigenvalue weighted by molar-refractivity contribution is -0.198. The summed E-state index contributed by atoms with van der Waals surface area (Å²) in [6.07, 6.45) is 7.97. The Labute approximate surface area is 60.4 Å². The van der Waals surface area contributed by atoms with Gasteiger partial charge in [-0.2, -0.15) is 0 Å². The zero-order valence-corrected chi connectivity index (χ0v) is 5.66. The predicted octanol–water partition coefficient (Wildman–Crippen LogP) is 2.29. The summed E-state index contributed by atoms with van der Waals surface area (Å²) in [6, 6.07) is 0. The fourth-order valence-electron chi connectivity index (χ4n) is 0.365. The summed E-state index contributed by atoms with van der Waals surface area (Å²) in [5.74, 6) is 0.304. The summed E-state index contributed by atoms with van der Waals surface area (Å²) in [7, 11) is 0. The van der Waals surface area contributed by atoms with Crippen molar-refractivity contribution in [2.45, 2.75) is 0 Å². The van der Waals surface area contributed by atoms with Crippen LogP contribution in [0.3, 0.4) is 0 Å². The molecule has 0 aliphatic rings. The number of hydrogen-bond acceptors (Lipinski definition) is 2. The second-order valence-electron chi connectivity index (χ2n) is 1.49. The summed E-state index contributed by atoms with van der Waals surface area (Å²) in [4.78, 5) is 3.90. The summed E-state index contributed by atoms with van der Waals surface area (Å²) in [5.41, 5.74) is 0. The second-order valence-corrected chi connectivity index (χ2v) is 1.49. The molecular weight excluding hydrogens is 128 g/mol. The van der Waals surface area contributed by atoms with Gasteiger partial charge in [0.05, 0.1) is 0 Å². The first-order chi connectivity index (χ1) is 4.85. The first-order valence-electron chi connectivity index (χ1n) is 2.78. The number of hydrogen-bond donors (Lipinski definition) is 1. The largest absolute Gasteiger partial charge is 0.340 e. The van der Waals surface area contributed by atoms with Crippen LogP contribution in [0.15, 0.2) is 49.3 Å². The smallest absolute Gasteiger partial charge is 0.164 e. The van der Waals surface area contributed by atoms with E-state index in [0.29, 0.717) is 5.76 Å². The Morgan fingerprint density at radius 2 is 2.00 bits per heavy atom. The Morgan fingerprint density at radius 1 is 1.30 bits per heavy atom. The van der Waals surface area contributed by atoms with Gasteiger partial charge < -0.3 is 4.89 Å². The van der Waals surface area contributed by atoms with Gasteiger partial charge in [-0.3, -0.25) is 0 Å². The Kier molecular flexibility index (Phi) is 5.10. The third kappa shape index (κ3) is 3.69. The molecule has 0 amide bonds. The van der Waals surface area contributed by atoms with Crippen LogP contribution >= 0.6 is 0 Å². The van der Waals surface area contributed by atoms with Crippen LogP contribution in [0, 0.1) is 0 Å². The third-order valence-corrected chi connectivity index (χ3v) is 0.814. The van der Waals surface area contributed by atoms with Crippen molar-refractivity contribution in [3.63, 3.8) is 0 Å². The molecule has 0 saturated carbocycles. The lowest BCUT2D eigenvalue weighted by Gasteiger charge is -1.90. The summed E-state index contributed by atoms with van der Waals surface area (Å²) < 4.78 is 0. The van der Waals surface area contributed by atoms with Gasteiger partial charge in [-0.15, -0.1) is 0 Å². The fourth-order valence-corrected chi connectivity index (χ4v) is 0.365. The van der Waals surface area contributed by atoms with Crippen molar-refractivity contribution in [3.05, 3.63) is 49.3 Å². The monoisotopic (exact) mass is 138 g/mol. The molecule has 1 N–H and O–H groups in total. The normalized spacial score (nSPS) is 11.5.